The smallest absolute Gasteiger partial charge is 0.254 e. The Hall–Kier alpha value is -1.09. The van der Waals surface area contributed by atoms with Gasteiger partial charge in [0.25, 0.3) is 5.91 Å². The second kappa shape index (κ2) is 7.49. The number of aromatic nitrogens is 1. The minimum absolute atomic E-state index is 0.0508. The van der Waals surface area contributed by atoms with E-state index in [2.05, 4.69) is 18.8 Å². The molecule has 0 bridgehead atoms. The number of halogens is 1. The van der Waals surface area contributed by atoms with Gasteiger partial charge in [-0.25, -0.2) is 4.98 Å². The normalized spacial score (nSPS) is 10.8. The van der Waals surface area contributed by atoms with Crippen molar-refractivity contribution in [2.24, 2.45) is 0 Å². The Morgan fingerprint density at radius 3 is 2.32 bits per heavy atom. The summed E-state index contributed by atoms with van der Waals surface area (Å²) in [5.74, 6) is 0.311. The van der Waals surface area contributed by atoms with Crippen molar-refractivity contribution in [3.05, 3.63) is 28.5 Å². The van der Waals surface area contributed by atoms with Crippen LogP contribution in [0.3, 0.4) is 0 Å². The first-order valence-corrected chi connectivity index (χ1v) is 7.34. The zero-order valence-corrected chi connectivity index (χ0v) is 13.0. The van der Waals surface area contributed by atoms with Gasteiger partial charge in [-0.15, -0.1) is 0 Å². The third-order valence-electron chi connectivity index (χ3n) is 2.93. The Balaban J connectivity index is 3.02. The number of amides is 1. The van der Waals surface area contributed by atoms with Crippen molar-refractivity contribution in [3.63, 3.8) is 0 Å². The van der Waals surface area contributed by atoms with E-state index in [0.717, 1.165) is 31.6 Å². The molecule has 0 atom stereocenters. The maximum absolute atomic E-state index is 12.5. The zero-order chi connectivity index (χ0) is 14.4. The standard InChI is InChI=1S/C15H23ClN2O/c1-5-7-18(8-6-2)15(19)12-9-13(11(3)4)17-14(16)10-12/h9-11H,5-8H2,1-4H3. The predicted octanol–water partition coefficient (Wildman–Crippen LogP) is 4.12. The lowest BCUT2D eigenvalue weighted by Gasteiger charge is -2.22. The molecule has 1 rings (SSSR count). The van der Waals surface area contributed by atoms with E-state index in [1.807, 2.05) is 24.8 Å². The topological polar surface area (TPSA) is 33.2 Å². The molecule has 0 fully saturated rings. The van der Waals surface area contributed by atoms with Crippen LogP contribution in [0.15, 0.2) is 12.1 Å². The molecule has 0 saturated carbocycles. The first-order valence-electron chi connectivity index (χ1n) is 6.96. The van der Waals surface area contributed by atoms with Crippen LogP contribution in [0.1, 0.15) is 62.5 Å². The number of hydrogen-bond donors (Lipinski definition) is 0. The molecule has 3 nitrogen and oxygen atoms in total. The molecule has 0 radical (unpaired) electrons. The number of hydrogen-bond acceptors (Lipinski definition) is 2. The van der Waals surface area contributed by atoms with E-state index in [0.29, 0.717) is 10.7 Å². The van der Waals surface area contributed by atoms with Gasteiger partial charge in [-0.1, -0.05) is 39.3 Å². The van der Waals surface area contributed by atoms with Crippen LogP contribution in [-0.2, 0) is 0 Å². The summed E-state index contributed by atoms with van der Waals surface area (Å²) < 4.78 is 0. The summed E-state index contributed by atoms with van der Waals surface area (Å²) in [6.07, 6.45) is 1.92. The second-order valence-corrected chi connectivity index (χ2v) is 5.44. The van der Waals surface area contributed by atoms with E-state index in [-0.39, 0.29) is 11.8 Å². The van der Waals surface area contributed by atoms with Crippen LogP contribution in [0.5, 0.6) is 0 Å². The highest BCUT2D eigenvalue weighted by molar-refractivity contribution is 6.29. The summed E-state index contributed by atoms with van der Waals surface area (Å²) in [5, 5.41) is 0.391. The molecule has 4 heteroatoms. The fourth-order valence-electron chi connectivity index (χ4n) is 1.97. The minimum atomic E-state index is 0.0508. The molecule has 1 heterocycles. The fourth-order valence-corrected chi connectivity index (χ4v) is 2.19. The fraction of sp³-hybridized carbons (Fsp3) is 0.600. The van der Waals surface area contributed by atoms with Gasteiger partial charge < -0.3 is 4.90 Å². The maximum atomic E-state index is 12.5. The van der Waals surface area contributed by atoms with E-state index in [4.69, 9.17) is 11.6 Å². The number of carbonyl (C=O) groups is 1. The largest absolute Gasteiger partial charge is 0.339 e. The van der Waals surface area contributed by atoms with Crippen molar-refractivity contribution in [2.45, 2.75) is 46.5 Å². The molecule has 1 aromatic rings. The van der Waals surface area contributed by atoms with Crippen LogP contribution >= 0.6 is 11.6 Å². The predicted molar refractivity (Wildman–Crippen MR) is 79.8 cm³/mol. The lowest BCUT2D eigenvalue weighted by molar-refractivity contribution is 0.0755. The van der Waals surface area contributed by atoms with Gasteiger partial charge in [0.15, 0.2) is 0 Å². The number of pyridine rings is 1. The monoisotopic (exact) mass is 282 g/mol. The molecule has 1 amide bonds. The number of rotatable bonds is 6. The Morgan fingerprint density at radius 2 is 1.84 bits per heavy atom. The van der Waals surface area contributed by atoms with Gasteiger partial charge in [0, 0.05) is 24.3 Å². The van der Waals surface area contributed by atoms with Crippen LogP contribution < -0.4 is 0 Å². The lowest BCUT2D eigenvalue weighted by Crippen LogP contribution is -2.32. The molecular weight excluding hydrogens is 260 g/mol. The molecule has 0 aliphatic rings. The van der Waals surface area contributed by atoms with Gasteiger partial charge in [0.1, 0.15) is 5.15 Å². The molecule has 0 aliphatic carbocycles. The van der Waals surface area contributed by atoms with E-state index < -0.39 is 0 Å². The highest BCUT2D eigenvalue weighted by Gasteiger charge is 2.16. The van der Waals surface area contributed by atoms with Gasteiger partial charge >= 0.3 is 0 Å². The average molecular weight is 283 g/mol. The lowest BCUT2D eigenvalue weighted by atomic mass is 10.1. The van der Waals surface area contributed by atoms with Crippen LogP contribution in [-0.4, -0.2) is 28.9 Å². The van der Waals surface area contributed by atoms with Crippen molar-refractivity contribution in [2.75, 3.05) is 13.1 Å². The van der Waals surface area contributed by atoms with Crippen LogP contribution in [0.2, 0.25) is 5.15 Å². The molecule has 0 unspecified atom stereocenters. The van der Waals surface area contributed by atoms with Crippen molar-refractivity contribution in [1.82, 2.24) is 9.88 Å². The molecule has 19 heavy (non-hydrogen) atoms. The number of nitrogens with zero attached hydrogens (tertiary/aromatic N) is 2. The molecule has 0 saturated heterocycles. The van der Waals surface area contributed by atoms with Gasteiger partial charge in [0.05, 0.1) is 0 Å². The molecule has 0 aromatic carbocycles. The summed E-state index contributed by atoms with van der Waals surface area (Å²) >= 11 is 6.02. The first kappa shape index (κ1) is 16.0. The summed E-state index contributed by atoms with van der Waals surface area (Å²) in [6, 6.07) is 3.52. The SMILES string of the molecule is CCCN(CCC)C(=O)c1cc(Cl)nc(C(C)C)c1. The molecule has 0 N–H and O–H groups in total. The Morgan fingerprint density at radius 1 is 1.26 bits per heavy atom. The van der Waals surface area contributed by atoms with E-state index >= 15 is 0 Å². The summed E-state index contributed by atoms with van der Waals surface area (Å²) in [7, 11) is 0. The van der Waals surface area contributed by atoms with Crippen molar-refractivity contribution < 1.29 is 4.79 Å². The van der Waals surface area contributed by atoms with Gasteiger partial charge in [-0.05, 0) is 30.9 Å². The third kappa shape index (κ3) is 4.50. The molecular formula is C15H23ClN2O. The van der Waals surface area contributed by atoms with Gasteiger partial charge in [-0.3, -0.25) is 4.79 Å². The minimum Gasteiger partial charge on any atom is -0.339 e. The Kier molecular flexibility index (Phi) is 6.29. The molecule has 0 aliphatic heterocycles. The third-order valence-corrected chi connectivity index (χ3v) is 3.12. The highest BCUT2D eigenvalue weighted by atomic mass is 35.5. The van der Waals surface area contributed by atoms with Crippen LogP contribution in [0.25, 0.3) is 0 Å². The molecule has 1 aromatic heterocycles. The van der Waals surface area contributed by atoms with Gasteiger partial charge in [-0.2, -0.15) is 0 Å². The van der Waals surface area contributed by atoms with E-state index in [9.17, 15) is 4.79 Å². The first-order chi connectivity index (χ1) is 8.99. The van der Waals surface area contributed by atoms with E-state index in [1.54, 1.807) is 6.07 Å². The zero-order valence-electron chi connectivity index (χ0n) is 12.2. The summed E-state index contributed by atoms with van der Waals surface area (Å²) in [6.45, 7) is 9.81. The highest BCUT2D eigenvalue weighted by Crippen LogP contribution is 2.19. The molecule has 0 spiro atoms. The Bertz CT molecular complexity index is 426. The van der Waals surface area contributed by atoms with Crippen LogP contribution in [0.4, 0.5) is 0 Å². The van der Waals surface area contributed by atoms with Crippen molar-refractivity contribution >= 4 is 17.5 Å². The summed E-state index contributed by atoms with van der Waals surface area (Å²) in [5.41, 5.74) is 1.51. The quantitative estimate of drug-likeness (QED) is 0.735. The van der Waals surface area contributed by atoms with Crippen molar-refractivity contribution in [3.8, 4) is 0 Å². The Labute approximate surface area is 121 Å². The second-order valence-electron chi connectivity index (χ2n) is 5.05. The van der Waals surface area contributed by atoms with Crippen molar-refractivity contribution in [1.29, 1.82) is 0 Å². The number of carbonyl (C=O) groups excluding carboxylic acids is 1. The van der Waals surface area contributed by atoms with Crippen LogP contribution in [0, 0.1) is 0 Å². The van der Waals surface area contributed by atoms with Gasteiger partial charge in [0.2, 0.25) is 0 Å². The molecule has 106 valence electrons. The maximum Gasteiger partial charge on any atom is 0.254 e. The summed E-state index contributed by atoms with van der Waals surface area (Å²) in [4.78, 5) is 18.6. The van der Waals surface area contributed by atoms with E-state index in [1.165, 1.54) is 0 Å². The average Bonchev–Trinajstić information content (AvgIpc) is 2.37.